The van der Waals surface area contributed by atoms with Crippen molar-refractivity contribution in [1.29, 1.82) is 0 Å². The van der Waals surface area contributed by atoms with Crippen LogP contribution in [0.5, 0.6) is 0 Å². The van der Waals surface area contributed by atoms with Crippen molar-refractivity contribution in [3.8, 4) is 0 Å². The number of benzene rings is 1. The molecule has 0 aliphatic carbocycles. The molecular formula is C16H19F3N2O4. The van der Waals surface area contributed by atoms with Crippen LogP contribution in [0.1, 0.15) is 19.4 Å². The van der Waals surface area contributed by atoms with Crippen LogP contribution in [-0.4, -0.2) is 42.7 Å². The molecule has 2 atom stereocenters. The Morgan fingerprint density at radius 2 is 1.72 bits per heavy atom. The molecule has 0 saturated heterocycles. The lowest BCUT2D eigenvalue weighted by Crippen LogP contribution is -2.53. The number of halogens is 3. The van der Waals surface area contributed by atoms with Crippen LogP contribution in [0.25, 0.3) is 0 Å². The van der Waals surface area contributed by atoms with Gasteiger partial charge in [0, 0.05) is 6.42 Å². The number of hydrogen-bond donors (Lipinski definition) is 2. The van der Waals surface area contributed by atoms with E-state index in [9.17, 15) is 27.6 Å². The van der Waals surface area contributed by atoms with Crippen LogP contribution in [0.2, 0.25) is 0 Å². The maximum Gasteiger partial charge on any atom is 0.471 e. The standard InChI is InChI=1S/C16H19F3N2O4/c1-3-25-14(23)12(9-11-7-5-4-6-8-11)21-13(22)10(2)20-15(24)16(17,18)19/h4-8,10,12H,3,9H2,1-2H3,(H,20,24)(H,21,22)/t10-,12-/m0/s1. The van der Waals surface area contributed by atoms with E-state index in [-0.39, 0.29) is 13.0 Å². The molecule has 2 N–H and O–H groups in total. The summed E-state index contributed by atoms with van der Waals surface area (Å²) in [6, 6.07) is 6.16. The van der Waals surface area contributed by atoms with Gasteiger partial charge >= 0.3 is 18.1 Å². The predicted molar refractivity (Wildman–Crippen MR) is 82.4 cm³/mol. The monoisotopic (exact) mass is 360 g/mol. The topological polar surface area (TPSA) is 84.5 Å². The summed E-state index contributed by atoms with van der Waals surface area (Å²) in [5, 5.41) is 3.84. The summed E-state index contributed by atoms with van der Waals surface area (Å²) in [6.45, 7) is 2.76. The molecule has 1 rings (SSSR count). The maximum absolute atomic E-state index is 12.2. The number of nitrogens with one attached hydrogen (secondary N) is 2. The summed E-state index contributed by atoms with van der Waals surface area (Å²) < 4.78 is 41.6. The van der Waals surface area contributed by atoms with Gasteiger partial charge in [-0.3, -0.25) is 9.59 Å². The van der Waals surface area contributed by atoms with Gasteiger partial charge < -0.3 is 15.4 Å². The Labute approximate surface area is 142 Å². The third-order valence-corrected chi connectivity index (χ3v) is 3.17. The van der Waals surface area contributed by atoms with E-state index in [0.29, 0.717) is 0 Å². The first-order chi connectivity index (χ1) is 11.6. The number of ether oxygens (including phenoxy) is 1. The lowest BCUT2D eigenvalue weighted by Gasteiger charge is -2.21. The zero-order valence-electron chi connectivity index (χ0n) is 13.7. The number of carbonyl (C=O) groups excluding carboxylic acids is 3. The van der Waals surface area contributed by atoms with Crippen LogP contribution in [0, 0.1) is 0 Å². The zero-order valence-corrected chi connectivity index (χ0v) is 13.7. The molecule has 2 amide bonds. The number of rotatable bonds is 7. The van der Waals surface area contributed by atoms with Crippen molar-refractivity contribution in [2.45, 2.75) is 38.5 Å². The summed E-state index contributed by atoms with van der Waals surface area (Å²) in [7, 11) is 0. The molecule has 1 aromatic carbocycles. The van der Waals surface area contributed by atoms with E-state index in [1.807, 2.05) is 0 Å². The molecule has 0 heterocycles. The SMILES string of the molecule is CCOC(=O)[C@H](Cc1ccccc1)NC(=O)[C@H](C)NC(=O)C(F)(F)F. The molecule has 0 aromatic heterocycles. The molecule has 0 radical (unpaired) electrons. The fraction of sp³-hybridized carbons (Fsp3) is 0.438. The molecule has 0 spiro atoms. The average Bonchev–Trinajstić information content (AvgIpc) is 2.54. The third kappa shape index (κ3) is 6.82. The smallest absolute Gasteiger partial charge is 0.464 e. The van der Waals surface area contributed by atoms with E-state index in [1.54, 1.807) is 37.3 Å². The average molecular weight is 360 g/mol. The van der Waals surface area contributed by atoms with Crippen LogP contribution < -0.4 is 10.6 Å². The van der Waals surface area contributed by atoms with Gasteiger partial charge in [0.15, 0.2) is 0 Å². The van der Waals surface area contributed by atoms with Gasteiger partial charge in [0.05, 0.1) is 6.61 Å². The first kappa shape index (κ1) is 20.5. The summed E-state index contributed by atoms with van der Waals surface area (Å²) in [4.78, 5) is 34.9. The Morgan fingerprint density at radius 1 is 1.12 bits per heavy atom. The number of amides is 2. The van der Waals surface area contributed by atoms with Crippen molar-refractivity contribution in [1.82, 2.24) is 10.6 Å². The van der Waals surface area contributed by atoms with Crippen molar-refractivity contribution >= 4 is 17.8 Å². The lowest BCUT2D eigenvalue weighted by atomic mass is 10.1. The van der Waals surface area contributed by atoms with Crippen LogP contribution in [0.15, 0.2) is 30.3 Å². The van der Waals surface area contributed by atoms with Gasteiger partial charge in [0.25, 0.3) is 0 Å². The van der Waals surface area contributed by atoms with Gasteiger partial charge in [-0.2, -0.15) is 13.2 Å². The van der Waals surface area contributed by atoms with Crippen molar-refractivity contribution in [2.24, 2.45) is 0 Å². The second-order valence-electron chi connectivity index (χ2n) is 5.20. The summed E-state index contributed by atoms with van der Waals surface area (Å²) >= 11 is 0. The van der Waals surface area contributed by atoms with Gasteiger partial charge in [-0.15, -0.1) is 0 Å². The Bertz CT molecular complexity index is 605. The van der Waals surface area contributed by atoms with E-state index < -0.39 is 36.0 Å². The van der Waals surface area contributed by atoms with E-state index in [2.05, 4.69) is 5.32 Å². The summed E-state index contributed by atoms with van der Waals surface area (Å²) in [6.07, 6.45) is -5.00. The van der Waals surface area contributed by atoms with Crippen molar-refractivity contribution in [3.63, 3.8) is 0 Å². The third-order valence-electron chi connectivity index (χ3n) is 3.17. The highest BCUT2D eigenvalue weighted by molar-refractivity contribution is 5.91. The fourth-order valence-corrected chi connectivity index (χ4v) is 1.93. The molecule has 0 unspecified atom stereocenters. The van der Waals surface area contributed by atoms with Gasteiger partial charge in [0.2, 0.25) is 5.91 Å². The number of hydrogen-bond acceptors (Lipinski definition) is 4. The second kappa shape index (κ2) is 9.05. The predicted octanol–water partition coefficient (Wildman–Crippen LogP) is 1.34. The second-order valence-corrected chi connectivity index (χ2v) is 5.20. The normalized spacial score (nSPS) is 13.5. The molecule has 6 nitrogen and oxygen atoms in total. The number of alkyl halides is 3. The molecular weight excluding hydrogens is 341 g/mol. The highest BCUT2D eigenvalue weighted by Crippen LogP contribution is 2.14. The minimum absolute atomic E-state index is 0.0837. The van der Waals surface area contributed by atoms with E-state index in [4.69, 9.17) is 4.74 Å². The lowest BCUT2D eigenvalue weighted by molar-refractivity contribution is -0.174. The van der Waals surface area contributed by atoms with Crippen LogP contribution in [0.3, 0.4) is 0 Å². The Kier molecular flexibility index (Phi) is 7.41. The molecule has 0 aliphatic rings. The minimum atomic E-state index is -5.10. The quantitative estimate of drug-likeness (QED) is 0.719. The van der Waals surface area contributed by atoms with Crippen molar-refractivity contribution in [3.05, 3.63) is 35.9 Å². The molecule has 0 saturated carbocycles. The van der Waals surface area contributed by atoms with Gasteiger partial charge in [0.1, 0.15) is 12.1 Å². The van der Waals surface area contributed by atoms with E-state index in [1.165, 1.54) is 5.32 Å². The van der Waals surface area contributed by atoms with Gasteiger partial charge in [-0.1, -0.05) is 30.3 Å². The Morgan fingerprint density at radius 3 is 2.24 bits per heavy atom. The maximum atomic E-state index is 12.2. The van der Waals surface area contributed by atoms with Crippen molar-refractivity contribution in [2.75, 3.05) is 6.61 Å². The molecule has 138 valence electrons. The van der Waals surface area contributed by atoms with Gasteiger partial charge in [-0.05, 0) is 19.4 Å². The number of carbonyl (C=O) groups is 3. The summed E-state index contributed by atoms with van der Waals surface area (Å²) in [5.41, 5.74) is 0.729. The molecule has 0 bridgehead atoms. The van der Waals surface area contributed by atoms with E-state index >= 15 is 0 Å². The van der Waals surface area contributed by atoms with E-state index in [0.717, 1.165) is 12.5 Å². The first-order valence-electron chi connectivity index (χ1n) is 7.53. The number of esters is 1. The van der Waals surface area contributed by atoms with Crippen LogP contribution in [-0.2, 0) is 25.5 Å². The van der Waals surface area contributed by atoms with Crippen LogP contribution >= 0.6 is 0 Å². The molecule has 1 aromatic rings. The highest BCUT2D eigenvalue weighted by Gasteiger charge is 2.40. The van der Waals surface area contributed by atoms with Crippen LogP contribution in [0.4, 0.5) is 13.2 Å². The fourth-order valence-electron chi connectivity index (χ4n) is 1.93. The summed E-state index contributed by atoms with van der Waals surface area (Å²) in [5.74, 6) is -3.87. The van der Waals surface area contributed by atoms with Gasteiger partial charge in [-0.25, -0.2) is 4.79 Å². The molecule has 9 heteroatoms. The largest absolute Gasteiger partial charge is 0.471 e. The van der Waals surface area contributed by atoms with Crippen molar-refractivity contribution < 1.29 is 32.3 Å². The minimum Gasteiger partial charge on any atom is -0.464 e. The zero-order chi connectivity index (χ0) is 19.0. The molecule has 0 aliphatic heterocycles. The molecule has 25 heavy (non-hydrogen) atoms. The first-order valence-corrected chi connectivity index (χ1v) is 7.53. The Balaban J connectivity index is 2.77. The Hall–Kier alpha value is -2.58. The molecule has 0 fully saturated rings. The highest BCUT2D eigenvalue weighted by atomic mass is 19.4.